The van der Waals surface area contributed by atoms with Gasteiger partial charge in [-0.1, -0.05) is 41.9 Å². The number of hydrogen-bond donors (Lipinski definition) is 1. The maximum absolute atomic E-state index is 13.4. The summed E-state index contributed by atoms with van der Waals surface area (Å²) in [6.07, 6.45) is 2.42. The van der Waals surface area contributed by atoms with E-state index in [2.05, 4.69) is 22.3 Å². The molecule has 1 amide bonds. The molecule has 184 valence electrons. The van der Waals surface area contributed by atoms with E-state index in [4.69, 9.17) is 16.3 Å². The molecule has 1 heterocycles. The van der Waals surface area contributed by atoms with E-state index in [-0.39, 0.29) is 15.6 Å². The van der Waals surface area contributed by atoms with Gasteiger partial charge in [-0.15, -0.1) is 0 Å². The molecule has 0 spiro atoms. The molecule has 1 fully saturated rings. The molecular weight excluding hydrogens is 486 g/mol. The van der Waals surface area contributed by atoms with Crippen molar-refractivity contribution in [3.63, 3.8) is 0 Å². The summed E-state index contributed by atoms with van der Waals surface area (Å²) in [5.41, 5.74) is 2.38. The summed E-state index contributed by atoms with van der Waals surface area (Å²) in [6, 6.07) is 20.7. The smallest absolute Gasteiger partial charge is 0.264 e. The van der Waals surface area contributed by atoms with Crippen LogP contribution in [0.15, 0.2) is 77.7 Å². The van der Waals surface area contributed by atoms with Crippen LogP contribution in [0.4, 0.5) is 11.4 Å². The number of amides is 1. The van der Waals surface area contributed by atoms with E-state index in [1.807, 2.05) is 12.1 Å². The van der Waals surface area contributed by atoms with Gasteiger partial charge in [0, 0.05) is 25.3 Å². The van der Waals surface area contributed by atoms with E-state index < -0.39 is 22.5 Å². The number of nitrogens with zero attached hydrogens (tertiary/aromatic N) is 2. The minimum absolute atomic E-state index is 0.0808. The van der Waals surface area contributed by atoms with Gasteiger partial charge in [-0.25, -0.2) is 8.42 Å². The first-order valence-corrected chi connectivity index (χ1v) is 13.2. The minimum atomic E-state index is -4.02. The Morgan fingerprint density at radius 1 is 1.03 bits per heavy atom. The van der Waals surface area contributed by atoms with Gasteiger partial charge in [0.25, 0.3) is 10.0 Å². The standard InChI is InChI=1S/C26H28ClN3O4S/c1-34-25-14-13-22(17-24(25)27)30(35(32,33)23-7-3-2-4-8-23)19-26(31)28-18-20-9-11-21(12-10-20)29-15-5-6-16-29/h2-4,7-14,17H,5-6,15-16,18-19H2,1H3,(H,28,31). The van der Waals surface area contributed by atoms with Crippen LogP contribution in [0.5, 0.6) is 5.75 Å². The monoisotopic (exact) mass is 513 g/mol. The van der Waals surface area contributed by atoms with Gasteiger partial charge in [-0.05, 0) is 60.9 Å². The number of sulfonamides is 1. The Morgan fingerprint density at radius 2 is 1.71 bits per heavy atom. The van der Waals surface area contributed by atoms with Crippen molar-refractivity contribution in [2.45, 2.75) is 24.3 Å². The number of hydrogen-bond acceptors (Lipinski definition) is 5. The number of carbonyl (C=O) groups excluding carboxylic acids is 1. The molecule has 3 aromatic carbocycles. The van der Waals surface area contributed by atoms with E-state index >= 15 is 0 Å². The highest BCUT2D eigenvalue weighted by Crippen LogP contribution is 2.32. The first-order chi connectivity index (χ1) is 16.9. The average Bonchev–Trinajstić information content (AvgIpc) is 3.42. The Labute approximate surface area is 211 Å². The molecule has 0 saturated carbocycles. The molecule has 4 rings (SSSR count). The lowest BCUT2D eigenvalue weighted by Crippen LogP contribution is -2.40. The number of methoxy groups -OCH3 is 1. The number of carbonyl (C=O) groups is 1. The number of halogens is 1. The van der Waals surface area contributed by atoms with Crippen molar-refractivity contribution in [1.82, 2.24) is 5.32 Å². The van der Waals surface area contributed by atoms with Crippen LogP contribution in [0, 0.1) is 0 Å². The van der Waals surface area contributed by atoms with Crippen LogP contribution in [0.3, 0.4) is 0 Å². The van der Waals surface area contributed by atoms with Crippen LogP contribution in [0.2, 0.25) is 5.02 Å². The van der Waals surface area contributed by atoms with Crippen LogP contribution in [0.1, 0.15) is 18.4 Å². The molecule has 0 bridgehead atoms. The fourth-order valence-electron chi connectivity index (χ4n) is 4.03. The Balaban J connectivity index is 1.50. The molecule has 3 aromatic rings. The molecule has 1 aliphatic rings. The highest BCUT2D eigenvalue weighted by atomic mass is 35.5. The number of ether oxygens (including phenoxy) is 1. The number of nitrogens with one attached hydrogen (secondary N) is 1. The molecule has 0 unspecified atom stereocenters. The molecule has 0 aliphatic carbocycles. The molecule has 1 N–H and O–H groups in total. The van der Waals surface area contributed by atoms with Crippen molar-refractivity contribution in [2.24, 2.45) is 0 Å². The number of anilines is 2. The lowest BCUT2D eigenvalue weighted by Gasteiger charge is -2.24. The molecule has 0 aromatic heterocycles. The minimum Gasteiger partial charge on any atom is -0.495 e. The summed E-state index contributed by atoms with van der Waals surface area (Å²) in [6.45, 7) is 2.03. The number of benzene rings is 3. The van der Waals surface area contributed by atoms with E-state index in [0.29, 0.717) is 12.3 Å². The lowest BCUT2D eigenvalue weighted by molar-refractivity contribution is -0.119. The fraction of sp³-hybridized carbons (Fsp3) is 0.269. The first kappa shape index (κ1) is 24.9. The molecule has 9 heteroatoms. The van der Waals surface area contributed by atoms with Crippen molar-refractivity contribution in [3.05, 3.63) is 83.4 Å². The SMILES string of the molecule is COc1ccc(N(CC(=O)NCc2ccc(N3CCCC3)cc2)S(=O)(=O)c2ccccc2)cc1Cl. The van der Waals surface area contributed by atoms with Gasteiger partial charge in [0.15, 0.2) is 0 Å². The third-order valence-electron chi connectivity index (χ3n) is 5.94. The zero-order valence-electron chi connectivity index (χ0n) is 19.5. The molecular formula is C26H28ClN3O4S. The molecule has 35 heavy (non-hydrogen) atoms. The van der Waals surface area contributed by atoms with Gasteiger partial charge < -0.3 is 15.0 Å². The Bertz CT molecular complexity index is 1260. The Kier molecular flexibility index (Phi) is 7.83. The summed E-state index contributed by atoms with van der Waals surface area (Å²) in [5.74, 6) is -0.0191. The first-order valence-electron chi connectivity index (χ1n) is 11.4. The zero-order valence-corrected chi connectivity index (χ0v) is 21.1. The van der Waals surface area contributed by atoms with E-state index in [1.165, 1.54) is 43.8 Å². The second-order valence-electron chi connectivity index (χ2n) is 8.28. The van der Waals surface area contributed by atoms with Crippen molar-refractivity contribution in [3.8, 4) is 5.75 Å². The molecule has 0 atom stereocenters. The summed E-state index contributed by atoms with van der Waals surface area (Å²) in [5, 5.41) is 3.08. The second-order valence-corrected chi connectivity index (χ2v) is 10.6. The van der Waals surface area contributed by atoms with Gasteiger partial charge in [-0.3, -0.25) is 9.10 Å². The number of rotatable bonds is 9. The summed E-state index contributed by atoms with van der Waals surface area (Å²) in [4.78, 5) is 15.3. The normalized spacial score (nSPS) is 13.5. The fourth-order valence-corrected chi connectivity index (χ4v) is 5.72. The van der Waals surface area contributed by atoms with E-state index in [1.54, 1.807) is 30.3 Å². The van der Waals surface area contributed by atoms with Gasteiger partial charge >= 0.3 is 0 Å². The van der Waals surface area contributed by atoms with Crippen LogP contribution < -0.4 is 19.3 Å². The molecule has 1 aliphatic heterocycles. The maximum atomic E-state index is 13.4. The summed E-state index contributed by atoms with van der Waals surface area (Å²) < 4.78 is 33.1. The average molecular weight is 514 g/mol. The van der Waals surface area contributed by atoms with Gasteiger partial charge in [0.2, 0.25) is 5.91 Å². The van der Waals surface area contributed by atoms with E-state index in [0.717, 1.165) is 23.0 Å². The third-order valence-corrected chi connectivity index (χ3v) is 8.02. The topological polar surface area (TPSA) is 79.0 Å². The molecule has 1 saturated heterocycles. The van der Waals surface area contributed by atoms with Crippen LogP contribution in [-0.2, 0) is 21.4 Å². The largest absolute Gasteiger partial charge is 0.495 e. The van der Waals surface area contributed by atoms with Crippen LogP contribution in [0.25, 0.3) is 0 Å². The quantitative estimate of drug-likeness (QED) is 0.457. The van der Waals surface area contributed by atoms with Crippen molar-refractivity contribution < 1.29 is 17.9 Å². The highest BCUT2D eigenvalue weighted by Gasteiger charge is 2.27. The summed E-state index contributed by atoms with van der Waals surface area (Å²) >= 11 is 6.26. The highest BCUT2D eigenvalue weighted by molar-refractivity contribution is 7.92. The van der Waals surface area contributed by atoms with Gasteiger partial charge in [-0.2, -0.15) is 0 Å². The van der Waals surface area contributed by atoms with E-state index in [9.17, 15) is 13.2 Å². The predicted octanol–water partition coefficient (Wildman–Crippen LogP) is 4.46. The van der Waals surface area contributed by atoms with Crippen molar-refractivity contribution in [2.75, 3.05) is 35.9 Å². The molecule has 7 nitrogen and oxygen atoms in total. The summed E-state index contributed by atoms with van der Waals surface area (Å²) in [7, 11) is -2.54. The Morgan fingerprint density at radius 3 is 2.34 bits per heavy atom. The zero-order chi connectivity index (χ0) is 24.8. The van der Waals surface area contributed by atoms with Gasteiger partial charge in [0.05, 0.1) is 22.7 Å². The molecule has 0 radical (unpaired) electrons. The Hall–Kier alpha value is -3.23. The van der Waals surface area contributed by atoms with Crippen LogP contribution >= 0.6 is 11.6 Å². The van der Waals surface area contributed by atoms with Crippen molar-refractivity contribution in [1.29, 1.82) is 0 Å². The van der Waals surface area contributed by atoms with Crippen molar-refractivity contribution >= 4 is 38.9 Å². The maximum Gasteiger partial charge on any atom is 0.264 e. The second kappa shape index (κ2) is 11.0. The third kappa shape index (κ3) is 5.89. The van der Waals surface area contributed by atoms with Gasteiger partial charge in [0.1, 0.15) is 12.3 Å². The lowest BCUT2D eigenvalue weighted by atomic mass is 10.2. The predicted molar refractivity (Wildman–Crippen MR) is 139 cm³/mol. The van der Waals surface area contributed by atoms with Crippen LogP contribution in [-0.4, -0.2) is 41.1 Å².